The molecule has 0 aromatic heterocycles. The Balaban J connectivity index is 2.39. The molecule has 2 rings (SSSR count). The van der Waals surface area contributed by atoms with Crippen molar-refractivity contribution >= 4 is 54.8 Å². The van der Waals surface area contributed by atoms with E-state index in [1.165, 1.54) is 12.1 Å². The van der Waals surface area contributed by atoms with E-state index in [1.54, 1.807) is 30.3 Å². The highest BCUT2D eigenvalue weighted by Crippen LogP contribution is 2.28. The summed E-state index contributed by atoms with van der Waals surface area (Å²) in [5.74, 6) is 0. The average molecular weight is 381 g/mol. The molecule has 0 aliphatic heterocycles. The Labute approximate surface area is 129 Å². The van der Waals surface area contributed by atoms with Crippen LogP contribution in [0.25, 0.3) is 0 Å². The van der Waals surface area contributed by atoms with E-state index < -0.39 is 10.0 Å². The highest BCUT2D eigenvalue weighted by molar-refractivity contribution is 9.10. The van der Waals surface area contributed by atoms with E-state index in [2.05, 4.69) is 20.7 Å². The molecule has 0 amide bonds. The maximum absolute atomic E-state index is 12.2. The van der Waals surface area contributed by atoms with E-state index in [0.717, 1.165) is 4.47 Å². The van der Waals surface area contributed by atoms with Crippen LogP contribution >= 0.6 is 39.1 Å². The van der Waals surface area contributed by atoms with Crippen molar-refractivity contribution in [3.63, 3.8) is 0 Å². The first-order valence-corrected chi connectivity index (χ1v) is 8.15. The zero-order valence-corrected chi connectivity index (χ0v) is 13.3. The minimum absolute atomic E-state index is 0.0797. The lowest BCUT2D eigenvalue weighted by Gasteiger charge is -2.10. The second-order valence-corrected chi connectivity index (χ2v) is 7.13. The van der Waals surface area contributed by atoms with Crippen molar-refractivity contribution in [1.82, 2.24) is 0 Å². The first-order valence-electron chi connectivity index (χ1n) is 5.12. The number of anilines is 1. The van der Waals surface area contributed by atoms with Crippen LogP contribution < -0.4 is 4.72 Å². The molecule has 0 heterocycles. The van der Waals surface area contributed by atoms with Gasteiger partial charge in [-0.25, -0.2) is 8.42 Å². The monoisotopic (exact) mass is 379 g/mol. The fourth-order valence-electron chi connectivity index (χ4n) is 1.41. The highest BCUT2D eigenvalue weighted by Gasteiger charge is 2.16. The fraction of sp³-hybridized carbons (Fsp3) is 0. The van der Waals surface area contributed by atoms with Gasteiger partial charge < -0.3 is 0 Å². The van der Waals surface area contributed by atoms with Crippen molar-refractivity contribution in [3.8, 4) is 0 Å². The van der Waals surface area contributed by atoms with Gasteiger partial charge in [0.1, 0.15) is 0 Å². The molecular formula is C12H8BrCl2NO2S. The van der Waals surface area contributed by atoms with E-state index in [4.69, 9.17) is 23.2 Å². The minimum Gasteiger partial charge on any atom is -0.278 e. The third-order valence-electron chi connectivity index (χ3n) is 2.28. The summed E-state index contributed by atoms with van der Waals surface area (Å²) >= 11 is 15.0. The predicted octanol–water partition coefficient (Wildman–Crippen LogP) is 4.56. The second kappa shape index (κ2) is 5.71. The summed E-state index contributed by atoms with van der Waals surface area (Å²) in [7, 11) is -3.71. The molecule has 0 atom stereocenters. The SMILES string of the molecule is O=S(=O)(Nc1cc(Br)ccc1Cl)c1cccc(Cl)c1. The summed E-state index contributed by atoms with van der Waals surface area (Å²) in [6.07, 6.45) is 0. The third kappa shape index (κ3) is 3.63. The molecule has 0 aliphatic carbocycles. The van der Waals surface area contributed by atoms with Crippen molar-refractivity contribution < 1.29 is 8.42 Å². The highest BCUT2D eigenvalue weighted by atomic mass is 79.9. The summed E-state index contributed by atoms with van der Waals surface area (Å²) in [4.78, 5) is 0.0797. The summed E-state index contributed by atoms with van der Waals surface area (Å²) in [5.41, 5.74) is 0.302. The number of halogens is 3. The Morgan fingerprint density at radius 1 is 1.05 bits per heavy atom. The second-order valence-electron chi connectivity index (χ2n) is 3.69. The fourth-order valence-corrected chi connectivity index (χ4v) is 3.37. The molecule has 0 spiro atoms. The molecule has 2 aromatic rings. The maximum Gasteiger partial charge on any atom is 0.261 e. The van der Waals surface area contributed by atoms with Gasteiger partial charge >= 0.3 is 0 Å². The molecule has 7 heteroatoms. The van der Waals surface area contributed by atoms with Crippen LogP contribution in [0, 0.1) is 0 Å². The predicted molar refractivity (Wildman–Crippen MR) is 81.4 cm³/mol. The van der Waals surface area contributed by atoms with Gasteiger partial charge in [0.25, 0.3) is 10.0 Å². The maximum atomic E-state index is 12.2. The first-order chi connectivity index (χ1) is 8.88. The van der Waals surface area contributed by atoms with Crippen LogP contribution in [0.2, 0.25) is 10.0 Å². The molecule has 100 valence electrons. The summed E-state index contributed by atoms with van der Waals surface area (Å²) in [6.45, 7) is 0. The molecule has 1 N–H and O–H groups in total. The van der Waals surface area contributed by atoms with Crippen molar-refractivity contribution in [2.24, 2.45) is 0 Å². The molecule has 0 saturated heterocycles. The molecular weight excluding hydrogens is 373 g/mol. The van der Waals surface area contributed by atoms with Gasteiger partial charge in [-0.3, -0.25) is 4.72 Å². The largest absolute Gasteiger partial charge is 0.278 e. The van der Waals surface area contributed by atoms with Gasteiger partial charge in [-0.1, -0.05) is 45.2 Å². The first kappa shape index (κ1) is 14.7. The minimum atomic E-state index is -3.71. The van der Waals surface area contributed by atoms with Gasteiger partial charge in [0.15, 0.2) is 0 Å². The molecule has 0 unspecified atom stereocenters. The lowest BCUT2D eigenvalue weighted by molar-refractivity contribution is 0.601. The Hall–Kier alpha value is -0.750. The smallest absolute Gasteiger partial charge is 0.261 e. The standard InChI is InChI=1S/C12H8BrCl2NO2S/c13-8-4-5-11(15)12(6-8)16-19(17,18)10-3-1-2-9(14)7-10/h1-7,16H. The van der Waals surface area contributed by atoms with Crippen LogP contribution in [0.5, 0.6) is 0 Å². The van der Waals surface area contributed by atoms with Gasteiger partial charge in [-0.15, -0.1) is 0 Å². The van der Waals surface area contributed by atoms with Crippen LogP contribution in [0.4, 0.5) is 5.69 Å². The molecule has 0 bridgehead atoms. The van der Waals surface area contributed by atoms with E-state index >= 15 is 0 Å². The van der Waals surface area contributed by atoms with Crippen molar-refractivity contribution in [1.29, 1.82) is 0 Å². The number of hydrogen-bond acceptors (Lipinski definition) is 2. The Bertz CT molecular complexity index is 719. The van der Waals surface area contributed by atoms with Crippen LogP contribution in [-0.4, -0.2) is 8.42 Å². The van der Waals surface area contributed by atoms with Crippen LogP contribution in [-0.2, 0) is 10.0 Å². The van der Waals surface area contributed by atoms with Gasteiger partial charge in [0.2, 0.25) is 0 Å². The van der Waals surface area contributed by atoms with Gasteiger partial charge in [0, 0.05) is 9.50 Å². The third-order valence-corrected chi connectivity index (χ3v) is 4.70. The van der Waals surface area contributed by atoms with Crippen LogP contribution in [0.1, 0.15) is 0 Å². The van der Waals surface area contributed by atoms with Crippen LogP contribution in [0.15, 0.2) is 51.8 Å². The van der Waals surface area contributed by atoms with Crippen LogP contribution in [0.3, 0.4) is 0 Å². The van der Waals surface area contributed by atoms with Crippen molar-refractivity contribution in [2.45, 2.75) is 4.90 Å². The number of benzene rings is 2. The molecule has 0 fully saturated rings. The Kier molecular flexibility index (Phi) is 4.40. The number of rotatable bonds is 3. The number of hydrogen-bond donors (Lipinski definition) is 1. The van der Waals surface area contributed by atoms with Crippen molar-refractivity contribution in [3.05, 3.63) is 57.0 Å². The number of nitrogens with one attached hydrogen (secondary N) is 1. The normalized spacial score (nSPS) is 11.3. The zero-order valence-electron chi connectivity index (χ0n) is 9.40. The van der Waals surface area contributed by atoms with E-state index in [-0.39, 0.29) is 4.90 Å². The molecule has 0 saturated carbocycles. The topological polar surface area (TPSA) is 46.2 Å². The van der Waals surface area contributed by atoms with Gasteiger partial charge in [-0.2, -0.15) is 0 Å². The lowest BCUT2D eigenvalue weighted by Crippen LogP contribution is -2.13. The van der Waals surface area contributed by atoms with Crippen molar-refractivity contribution in [2.75, 3.05) is 4.72 Å². The van der Waals surface area contributed by atoms with Gasteiger partial charge in [-0.05, 0) is 36.4 Å². The Morgan fingerprint density at radius 2 is 1.79 bits per heavy atom. The van der Waals surface area contributed by atoms with E-state index in [9.17, 15) is 8.42 Å². The number of sulfonamides is 1. The molecule has 2 aromatic carbocycles. The summed E-state index contributed by atoms with van der Waals surface area (Å²) in [6, 6.07) is 10.9. The molecule has 19 heavy (non-hydrogen) atoms. The molecule has 0 radical (unpaired) electrons. The van der Waals surface area contributed by atoms with E-state index in [0.29, 0.717) is 15.7 Å². The van der Waals surface area contributed by atoms with E-state index in [1.807, 2.05) is 0 Å². The quantitative estimate of drug-likeness (QED) is 0.848. The summed E-state index contributed by atoms with van der Waals surface area (Å²) < 4.78 is 27.5. The van der Waals surface area contributed by atoms with Gasteiger partial charge in [0.05, 0.1) is 15.6 Å². The summed E-state index contributed by atoms with van der Waals surface area (Å²) in [5, 5.41) is 0.664. The average Bonchev–Trinajstić information content (AvgIpc) is 2.33. The zero-order chi connectivity index (χ0) is 14.0. The lowest BCUT2D eigenvalue weighted by atomic mass is 10.3. The molecule has 0 aliphatic rings. The molecule has 3 nitrogen and oxygen atoms in total. The Morgan fingerprint density at radius 3 is 2.47 bits per heavy atom.